The number of benzene rings is 2. The Bertz CT molecular complexity index is 642. The molecule has 0 aliphatic heterocycles. The van der Waals surface area contributed by atoms with Crippen LogP contribution in [0.5, 0.6) is 0 Å². The van der Waals surface area contributed by atoms with Gasteiger partial charge >= 0.3 is 0 Å². The SMILES string of the molecule is CSc1ccc(NC(=O)CCc2ccc(C#N)cc2)cc1. The van der Waals surface area contributed by atoms with Gasteiger partial charge in [0.15, 0.2) is 0 Å². The van der Waals surface area contributed by atoms with Gasteiger partial charge in [-0.1, -0.05) is 12.1 Å². The summed E-state index contributed by atoms with van der Waals surface area (Å²) in [7, 11) is 0. The lowest BCUT2D eigenvalue weighted by molar-refractivity contribution is -0.116. The Balaban J connectivity index is 1.84. The van der Waals surface area contributed by atoms with E-state index < -0.39 is 0 Å². The summed E-state index contributed by atoms with van der Waals surface area (Å²) < 4.78 is 0. The molecule has 4 heteroatoms. The molecular weight excluding hydrogens is 280 g/mol. The molecule has 0 radical (unpaired) electrons. The maximum Gasteiger partial charge on any atom is 0.224 e. The fraction of sp³-hybridized carbons (Fsp3) is 0.176. The van der Waals surface area contributed by atoms with Crippen molar-refractivity contribution in [3.8, 4) is 6.07 Å². The third-order valence-corrected chi connectivity index (χ3v) is 3.84. The number of nitrogens with zero attached hydrogens (tertiary/aromatic N) is 1. The minimum atomic E-state index is -0.00346. The largest absolute Gasteiger partial charge is 0.326 e. The van der Waals surface area contributed by atoms with Crippen molar-refractivity contribution in [3.63, 3.8) is 0 Å². The van der Waals surface area contributed by atoms with Crippen molar-refractivity contribution in [2.75, 3.05) is 11.6 Å². The first-order valence-electron chi connectivity index (χ1n) is 6.64. The molecule has 0 aliphatic rings. The van der Waals surface area contributed by atoms with E-state index >= 15 is 0 Å². The molecule has 0 heterocycles. The highest BCUT2D eigenvalue weighted by Gasteiger charge is 2.03. The van der Waals surface area contributed by atoms with Gasteiger partial charge < -0.3 is 5.32 Å². The number of amides is 1. The average molecular weight is 296 g/mol. The molecule has 106 valence electrons. The quantitative estimate of drug-likeness (QED) is 0.853. The number of carbonyl (C=O) groups is 1. The second-order valence-corrected chi connectivity index (χ2v) is 5.47. The van der Waals surface area contributed by atoms with Crippen molar-refractivity contribution in [2.24, 2.45) is 0 Å². The first kappa shape index (κ1) is 15.1. The zero-order valence-electron chi connectivity index (χ0n) is 11.8. The molecule has 0 atom stereocenters. The number of aryl methyl sites for hydroxylation is 1. The Hall–Kier alpha value is -2.25. The molecule has 0 aromatic heterocycles. The van der Waals surface area contributed by atoms with E-state index in [4.69, 9.17) is 5.26 Å². The van der Waals surface area contributed by atoms with Crippen molar-refractivity contribution in [2.45, 2.75) is 17.7 Å². The molecule has 2 aromatic rings. The first-order valence-corrected chi connectivity index (χ1v) is 7.86. The molecule has 3 nitrogen and oxygen atoms in total. The molecule has 2 rings (SSSR count). The van der Waals surface area contributed by atoms with Crippen LogP contribution in [0, 0.1) is 11.3 Å². The van der Waals surface area contributed by atoms with Gasteiger partial charge in [0.05, 0.1) is 11.6 Å². The number of carbonyl (C=O) groups excluding carboxylic acids is 1. The zero-order valence-corrected chi connectivity index (χ0v) is 12.6. The van der Waals surface area contributed by atoms with Gasteiger partial charge in [0.25, 0.3) is 0 Å². The van der Waals surface area contributed by atoms with Gasteiger partial charge in [-0.15, -0.1) is 11.8 Å². The fourth-order valence-electron chi connectivity index (χ4n) is 1.90. The van der Waals surface area contributed by atoms with Crippen molar-refractivity contribution in [1.29, 1.82) is 5.26 Å². The summed E-state index contributed by atoms with van der Waals surface area (Å²) in [6.45, 7) is 0. The van der Waals surface area contributed by atoms with Crippen LogP contribution in [0.1, 0.15) is 17.5 Å². The molecule has 0 fully saturated rings. The molecule has 1 N–H and O–H groups in total. The van der Waals surface area contributed by atoms with Crippen LogP contribution in [0.3, 0.4) is 0 Å². The van der Waals surface area contributed by atoms with Gasteiger partial charge in [-0.3, -0.25) is 4.79 Å². The van der Waals surface area contributed by atoms with Crippen molar-refractivity contribution in [3.05, 3.63) is 59.7 Å². The maximum absolute atomic E-state index is 11.9. The highest BCUT2D eigenvalue weighted by Crippen LogP contribution is 2.17. The number of hydrogen-bond acceptors (Lipinski definition) is 3. The zero-order chi connectivity index (χ0) is 15.1. The van der Waals surface area contributed by atoms with Crippen LogP contribution in [0.4, 0.5) is 5.69 Å². The topological polar surface area (TPSA) is 52.9 Å². The first-order chi connectivity index (χ1) is 10.2. The summed E-state index contributed by atoms with van der Waals surface area (Å²) in [6.07, 6.45) is 3.11. The molecule has 0 unspecified atom stereocenters. The Kier molecular flexibility index (Phi) is 5.42. The molecular formula is C17H16N2OS. The van der Waals surface area contributed by atoms with Crippen molar-refractivity contribution >= 4 is 23.4 Å². The summed E-state index contributed by atoms with van der Waals surface area (Å²) in [6, 6.07) is 17.2. The van der Waals surface area contributed by atoms with E-state index in [-0.39, 0.29) is 5.91 Å². The molecule has 0 spiro atoms. The van der Waals surface area contributed by atoms with Gasteiger partial charge in [-0.25, -0.2) is 0 Å². The molecule has 0 saturated heterocycles. The van der Waals surface area contributed by atoms with Crippen molar-refractivity contribution in [1.82, 2.24) is 0 Å². The number of rotatable bonds is 5. The number of nitrogens with one attached hydrogen (secondary N) is 1. The minimum Gasteiger partial charge on any atom is -0.326 e. The predicted octanol–water partition coefficient (Wildman–Crippen LogP) is 3.85. The van der Waals surface area contributed by atoms with Crippen LogP contribution >= 0.6 is 11.8 Å². The average Bonchev–Trinajstić information content (AvgIpc) is 2.54. The second kappa shape index (κ2) is 7.51. The molecule has 2 aromatic carbocycles. The van der Waals surface area contributed by atoms with Gasteiger partial charge in [0, 0.05) is 17.0 Å². The third-order valence-electron chi connectivity index (χ3n) is 3.10. The monoisotopic (exact) mass is 296 g/mol. The number of hydrogen-bond donors (Lipinski definition) is 1. The van der Waals surface area contributed by atoms with Crippen LogP contribution in [0.2, 0.25) is 0 Å². The van der Waals surface area contributed by atoms with E-state index in [1.807, 2.05) is 42.7 Å². The smallest absolute Gasteiger partial charge is 0.224 e. The number of anilines is 1. The Labute approximate surface area is 129 Å². The number of thioether (sulfide) groups is 1. The van der Waals surface area contributed by atoms with E-state index in [1.165, 1.54) is 4.90 Å². The van der Waals surface area contributed by atoms with Crippen LogP contribution < -0.4 is 5.32 Å². The van der Waals surface area contributed by atoms with Gasteiger partial charge in [-0.2, -0.15) is 5.26 Å². The Morgan fingerprint density at radius 1 is 1.14 bits per heavy atom. The molecule has 0 saturated carbocycles. The minimum absolute atomic E-state index is 0.00346. The highest BCUT2D eigenvalue weighted by atomic mass is 32.2. The lowest BCUT2D eigenvalue weighted by Crippen LogP contribution is -2.12. The normalized spacial score (nSPS) is 9.90. The lowest BCUT2D eigenvalue weighted by Gasteiger charge is -2.06. The Morgan fingerprint density at radius 2 is 1.81 bits per heavy atom. The van der Waals surface area contributed by atoms with Gasteiger partial charge in [-0.05, 0) is 54.6 Å². The highest BCUT2D eigenvalue weighted by molar-refractivity contribution is 7.98. The summed E-state index contributed by atoms with van der Waals surface area (Å²) in [5.41, 5.74) is 2.51. The second-order valence-electron chi connectivity index (χ2n) is 4.59. The lowest BCUT2D eigenvalue weighted by atomic mass is 10.1. The standard InChI is InChI=1S/C17H16N2OS/c1-21-16-9-7-15(8-10-16)19-17(20)11-6-13-2-4-14(12-18)5-3-13/h2-5,7-10H,6,11H2,1H3,(H,19,20). The van der Waals surface area contributed by atoms with E-state index in [0.717, 1.165) is 11.3 Å². The summed E-state index contributed by atoms with van der Waals surface area (Å²) in [5, 5.41) is 11.6. The van der Waals surface area contributed by atoms with Crippen molar-refractivity contribution < 1.29 is 4.79 Å². The summed E-state index contributed by atoms with van der Waals surface area (Å²) in [4.78, 5) is 13.1. The van der Waals surface area contributed by atoms with Gasteiger partial charge in [0.1, 0.15) is 0 Å². The molecule has 1 amide bonds. The Morgan fingerprint density at radius 3 is 2.38 bits per heavy atom. The molecule has 0 bridgehead atoms. The van der Waals surface area contributed by atoms with E-state index in [9.17, 15) is 4.79 Å². The third kappa shape index (κ3) is 4.66. The van der Waals surface area contributed by atoms with Gasteiger partial charge in [0.2, 0.25) is 5.91 Å². The van der Waals surface area contributed by atoms with Crippen LogP contribution in [0.25, 0.3) is 0 Å². The predicted molar refractivity (Wildman–Crippen MR) is 86.3 cm³/mol. The van der Waals surface area contributed by atoms with Crippen LogP contribution in [-0.2, 0) is 11.2 Å². The fourth-order valence-corrected chi connectivity index (χ4v) is 2.31. The number of nitriles is 1. The summed E-state index contributed by atoms with van der Waals surface area (Å²) >= 11 is 1.67. The molecule has 0 aliphatic carbocycles. The summed E-state index contributed by atoms with van der Waals surface area (Å²) in [5.74, 6) is -0.00346. The van der Waals surface area contributed by atoms with Crippen LogP contribution in [-0.4, -0.2) is 12.2 Å². The maximum atomic E-state index is 11.9. The van der Waals surface area contributed by atoms with Crippen LogP contribution in [0.15, 0.2) is 53.4 Å². The van der Waals surface area contributed by atoms with E-state index in [2.05, 4.69) is 11.4 Å². The van der Waals surface area contributed by atoms with E-state index in [0.29, 0.717) is 18.4 Å². The van der Waals surface area contributed by atoms with E-state index in [1.54, 1.807) is 23.9 Å². The molecule has 21 heavy (non-hydrogen) atoms.